The number of rotatable bonds is 6. The van der Waals surface area contributed by atoms with Gasteiger partial charge in [-0.15, -0.1) is 0 Å². The second kappa shape index (κ2) is 8.35. The van der Waals surface area contributed by atoms with Gasteiger partial charge in [0.15, 0.2) is 23.4 Å². The summed E-state index contributed by atoms with van der Waals surface area (Å²) in [6, 6.07) is 2.46. The fourth-order valence-corrected chi connectivity index (χ4v) is 2.43. The Balaban J connectivity index is 2.31. The van der Waals surface area contributed by atoms with Crippen LogP contribution in [0.3, 0.4) is 0 Å². The number of carbonyl (C=O) groups is 2. The number of hydrogen-bond acceptors (Lipinski definition) is 9. The molecule has 27 heavy (non-hydrogen) atoms. The molecule has 5 atom stereocenters. The van der Waals surface area contributed by atoms with Gasteiger partial charge in [-0.1, -0.05) is 0 Å². The van der Waals surface area contributed by atoms with Gasteiger partial charge in [0.25, 0.3) is 0 Å². The molecular weight excluding hydrogens is 364 g/mol. The van der Waals surface area contributed by atoms with E-state index in [1.54, 1.807) is 0 Å². The zero-order valence-corrected chi connectivity index (χ0v) is 14.5. The molecule has 5 unspecified atom stereocenters. The monoisotopic (exact) mass is 384 g/mol. The minimum absolute atomic E-state index is 0.0827. The van der Waals surface area contributed by atoms with Crippen LogP contribution in [0.4, 0.5) is 0 Å². The molecule has 0 aliphatic carbocycles. The number of aromatic hydroxyl groups is 1. The largest absolute Gasteiger partial charge is 0.507 e. The third-order valence-electron chi connectivity index (χ3n) is 3.87. The Morgan fingerprint density at radius 3 is 2.33 bits per heavy atom. The van der Waals surface area contributed by atoms with E-state index < -0.39 is 36.7 Å². The van der Waals surface area contributed by atoms with Crippen LogP contribution in [-0.2, 0) is 14.3 Å². The van der Waals surface area contributed by atoms with Crippen LogP contribution in [0.15, 0.2) is 18.2 Å². The molecule has 0 bridgehead atoms. The number of phenols is 1. The average Bonchev–Trinajstić information content (AvgIpc) is 2.60. The van der Waals surface area contributed by atoms with E-state index >= 15 is 0 Å². The lowest BCUT2D eigenvalue weighted by Gasteiger charge is -2.38. The van der Waals surface area contributed by atoms with E-state index in [0.29, 0.717) is 0 Å². The number of ether oxygens (including phenoxy) is 3. The first-order valence-electron chi connectivity index (χ1n) is 7.84. The van der Waals surface area contributed by atoms with Crippen molar-refractivity contribution in [2.75, 3.05) is 7.11 Å². The molecule has 10 heteroatoms. The van der Waals surface area contributed by atoms with Crippen molar-refractivity contribution in [1.29, 1.82) is 0 Å². The Labute approximate surface area is 153 Å². The fourth-order valence-electron chi connectivity index (χ4n) is 2.43. The van der Waals surface area contributed by atoms with Crippen LogP contribution in [0.25, 0.3) is 6.08 Å². The van der Waals surface area contributed by atoms with Gasteiger partial charge in [-0.2, -0.15) is 0 Å². The second-order valence-electron chi connectivity index (χ2n) is 5.86. The highest BCUT2D eigenvalue weighted by Crippen LogP contribution is 2.37. The first kappa shape index (κ1) is 20.6. The van der Waals surface area contributed by atoms with Gasteiger partial charge < -0.3 is 39.7 Å². The Kier molecular flexibility index (Phi) is 6.39. The summed E-state index contributed by atoms with van der Waals surface area (Å²) in [4.78, 5) is 22.2. The van der Waals surface area contributed by atoms with Crippen molar-refractivity contribution < 1.29 is 49.3 Å². The summed E-state index contributed by atoms with van der Waals surface area (Å²) in [6.45, 7) is 1.34. The summed E-state index contributed by atoms with van der Waals surface area (Å²) in [5.74, 6) is -2.11. The van der Waals surface area contributed by atoms with Crippen molar-refractivity contribution in [2.45, 2.75) is 37.6 Å². The van der Waals surface area contributed by atoms with Gasteiger partial charge in [0.05, 0.1) is 7.11 Å². The summed E-state index contributed by atoms with van der Waals surface area (Å²) in [6.07, 6.45) is -6.34. The number of aliphatic hydroxyl groups is 3. The summed E-state index contributed by atoms with van der Waals surface area (Å²) in [5.41, 5.74) is 0.249. The predicted molar refractivity (Wildman–Crippen MR) is 89.3 cm³/mol. The van der Waals surface area contributed by atoms with Crippen LogP contribution in [0.1, 0.15) is 12.5 Å². The first-order chi connectivity index (χ1) is 12.6. The van der Waals surface area contributed by atoms with Gasteiger partial charge in [-0.05, 0) is 25.1 Å². The lowest BCUT2D eigenvalue weighted by Crippen LogP contribution is -2.61. The first-order valence-corrected chi connectivity index (χ1v) is 7.84. The molecule has 1 aliphatic heterocycles. The molecule has 1 aromatic rings. The molecular formula is C17H20O10. The van der Waals surface area contributed by atoms with Gasteiger partial charge in [-0.3, -0.25) is 4.79 Å². The summed E-state index contributed by atoms with van der Waals surface area (Å²) in [5, 5.41) is 48.6. The average molecular weight is 384 g/mol. The van der Waals surface area contributed by atoms with Gasteiger partial charge in [0.2, 0.25) is 6.29 Å². The summed E-state index contributed by atoms with van der Waals surface area (Å²) < 4.78 is 15.5. The molecule has 1 heterocycles. The maximum atomic E-state index is 11.1. The Bertz CT molecular complexity index is 743. The fraction of sp³-hybridized carbons (Fsp3) is 0.412. The number of carbonyl (C=O) groups excluding carboxylic acids is 1. The molecule has 0 radical (unpaired) electrons. The van der Waals surface area contributed by atoms with Crippen LogP contribution in [0, 0.1) is 0 Å². The second-order valence-corrected chi connectivity index (χ2v) is 5.86. The number of carboxylic acid groups (broad SMARTS) is 1. The number of carboxylic acids is 1. The highest BCUT2D eigenvalue weighted by atomic mass is 16.7. The number of phenolic OH excluding ortho intramolecular Hbond substituents is 1. The van der Waals surface area contributed by atoms with Crippen molar-refractivity contribution in [1.82, 2.24) is 0 Å². The molecule has 1 fully saturated rings. The topological polar surface area (TPSA) is 163 Å². The number of benzene rings is 1. The lowest BCUT2D eigenvalue weighted by atomic mass is 9.99. The van der Waals surface area contributed by atoms with E-state index in [4.69, 9.17) is 19.3 Å². The molecule has 5 N–H and O–H groups in total. The van der Waals surface area contributed by atoms with E-state index in [0.717, 1.165) is 6.07 Å². The number of aliphatic hydroxyl groups excluding tert-OH is 3. The van der Waals surface area contributed by atoms with Crippen molar-refractivity contribution >= 4 is 17.8 Å². The van der Waals surface area contributed by atoms with Crippen molar-refractivity contribution in [3.05, 3.63) is 23.8 Å². The zero-order valence-electron chi connectivity index (χ0n) is 14.5. The SMILES string of the molecule is COc1cc(/C=C/C(C)=O)c(O)cc1OC1OC(C(=O)O)C(O)C(O)C1O. The van der Waals surface area contributed by atoms with Crippen molar-refractivity contribution in [3.8, 4) is 17.2 Å². The van der Waals surface area contributed by atoms with Gasteiger partial charge in [-0.25, -0.2) is 4.79 Å². The minimum Gasteiger partial charge on any atom is -0.507 e. The van der Waals surface area contributed by atoms with Crippen LogP contribution < -0.4 is 9.47 Å². The molecule has 10 nitrogen and oxygen atoms in total. The molecule has 1 saturated heterocycles. The molecule has 1 aromatic carbocycles. The van der Waals surface area contributed by atoms with Crippen LogP contribution in [0.2, 0.25) is 0 Å². The number of methoxy groups -OCH3 is 1. The Morgan fingerprint density at radius 1 is 1.11 bits per heavy atom. The Morgan fingerprint density at radius 2 is 1.78 bits per heavy atom. The maximum Gasteiger partial charge on any atom is 0.335 e. The molecule has 2 rings (SSSR count). The van der Waals surface area contributed by atoms with E-state index in [1.165, 1.54) is 32.3 Å². The van der Waals surface area contributed by atoms with E-state index in [2.05, 4.69) is 0 Å². The predicted octanol–water partition coefficient (Wildman–Crippen LogP) is -0.726. The van der Waals surface area contributed by atoms with E-state index in [1.807, 2.05) is 0 Å². The summed E-state index contributed by atoms with van der Waals surface area (Å²) >= 11 is 0. The smallest absolute Gasteiger partial charge is 0.335 e. The van der Waals surface area contributed by atoms with Crippen LogP contribution in [-0.4, -0.2) is 75.1 Å². The third kappa shape index (κ3) is 4.55. The number of hydrogen-bond donors (Lipinski definition) is 5. The molecule has 0 saturated carbocycles. The van der Waals surface area contributed by atoms with Gasteiger partial charge >= 0.3 is 5.97 Å². The quantitative estimate of drug-likeness (QED) is 0.395. The lowest BCUT2D eigenvalue weighted by molar-refractivity contribution is -0.271. The number of ketones is 1. The third-order valence-corrected chi connectivity index (χ3v) is 3.87. The van der Waals surface area contributed by atoms with Crippen LogP contribution in [0.5, 0.6) is 17.2 Å². The molecule has 1 aliphatic rings. The highest BCUT2D eigenvalue weighted by molar-refractivity contribution is 5.92. The van der Waals surface area contributed by atoms with E-state index in [9.17, 15) is 30.0 Å². The standard InChI is InChI=1S/C17H20O10/c1-7(18)3-4-8-5-10(25-2)11(6-9(8)19)26-17-14(22)12(20)13(21)15(27-17)16(23)24/h3-6,12-15,17,19-22H,1-2H3,(H,23,24)/b4-3+. The van der Waals surface area contributed by atoms with E-state index in [-0.39, 0.29) is 28.6 Å². The molecule has 0 amide bonds. The molecule has 0 spiro atoms. The maximum absolute atomic E-state index is 11.1. The molecule has 0 aromatic heterocycles. The summed E-state index contributed by atoms with van der Waals surface area (Å²) in [7, 11) is 1.30. The van der Waals surface area contributed by atoms with Gasteiger partial charge in [0, 0.05) is 11.6 Å². The molecule has 148 valence electrons. The van der Waals surface area contributed by atoms with Crippen molar-refractivity contribution in [2.24, 2.45) is 0 Å². The minimum atomic E-state index is -1.85. The Hall–Kier alpha value is -2.66. The van der Waals surface area contributed by atoms with Gasteiger partial charge in [0.1, 0.15) is 24.1 Å². The highest BCUT2D eigenvalue weighted by Gasteiger charge is 2.48. The number of allylic oxidation sites excluding steroid dienone is 1. The van der Waals surface area contributed by atoms with Crippen LogP contribution >= 0.6 is 0 Å². The zero-order chi connectivity index (χ0) is 20.3. The normalized spacial score (nSPS) is 28.1. The van der Waals surface area contributed by atoms with Crippen molar-refractivity contribution in [3.63, 3.8) is 0 Å². The number of aliphatic carboxylic acids is 1.